The molecule has 3 N–H and O–H groups in total. The van der Waals surface area contributed by atoms with E-state index >= 15 is 0 Å². The van der Waals surface area contributed by atoms with E-state index in [1.165, 1.54) is 12.1 Å². The molecule has 0 fully saturated rings. The van der Waals surface area contributed by atoms with Gasteiger partial charge in [-0.1, -0.05) is 17.7 Å². The molecule has 2 amide bonds. The van der Waals surface area contributed by atoms with E-state index in [2.05, 4.69) is 10.6 Å². The highest BCUT2D eigenvalue weighted by Crippen LogP contribution is 2.19. The second-order valence-electron chi connectivity index (χ2n) is 4.20. The number of aliphatic hydroxyl groups excluding tert-OH is 1. The van der Waals surface area contributed by atoms with Crippen molar-refractivity contribution in [3.8, 4) is 0 Å². The molecular formula is C12H16ClFN2O2. The van der Waals surface area contributed by atoms with Crippen LogP contribution in [0, 0.1) is 5.82 Å². The van der Waals surface area contributed by atoms with Gasteiger partial charge in [-0.15, -0.1) is 0 Å². The molecule has 4 nitrogen and oxygen atoms in total. The summed E-state index contributed by atoms with van der Waals surface area (Å²) in [7, 11) is 0. The van der Waals surface area contributed by atoms with Crippen molar-refractivity contribution in [1.82, 2.24) is 10.6 Å². The van der Waals surface area contributed by atoms with Gasteiger partial charge in [0.25, 0.3) is 0 Å². The second-order valence-corrected chi connectivity index (χ2v) is 4.61. The average molecular weight is 275 g/mol. The van der Waals surface area contributed by atoms with E-state index in [4.69, 9.17) is 11.6 Å². The molecular weight excluding hydrogens is 259 g/mol. The Morgan fingerprint density at radius 2 is 2.17 bits per heavy atom. The lowest BCUT2D eigenvalue weighted by molar-refractivity contribution is 0.172. The number of nitrogens with one attached hydrogen (secondary N) is 2. The fraction of sp³-hybridized carbons (Fsp3) is 0.417. The number of carbonyl (C=O) groups is 1. The van der Waals surface area contributed by atoms with Crippen LogP contribution in [0.4, 0.5) is 9.18 Å². The monoisotopic (exact) mass is 274 g/mol. The van der Waals surface area contributed by atoms with Crippen LogP contribution in [0.25, 0.3) is 0 Å². The van der Waals surface area contributed by atoms with Gasteiger partial charge in [0, 0.05) is 12.6 Å². The highest BCUT2D eigenvalue weighted by molar-refractivity contribution is 6.30. The number of rotatable bonds is 4. The maximum Gasteiger partial charge on any atom is 0.315 e. The molecule has 100 valence electrons. The van der Waals surface area contributed by atoms with Crippen molar-refractivity contribution < 1.29 is 14.3 Å². The molecule has 0 aliphatic rings. The highest BCUT2D eigenvalue weighted by Gasteiger charge is 2.11. The first kappa shape index (κ1) is 14.7. The van der Waals surface area contributed by atoms with Crippen molar-refractivity contribution in [3.63, 3.8) is 0 Å². The van der Waals surface area contributed by atoms with E-state index in [0.717, 1.165) is 6.07 Å². The minimum Gasteiger partial charge on any atom is -0.387 e. The van der Waals surface area contributed by atoms with Gasteiger partial charge in [-0.25, -0.2) is 9.18 Å². The van der Waals surface area contributed by atoms with E-state index in [1.54, 1.807) is 0 Å². The van der Waals surface area contributed by atoms with Gasteiger partial charge in [-0.3, -0.25) is 0 Å². The molecule has 1 aromatic carbocycles. The van der Waals surface area contributed by atoms with Crippen LogP contribution in [-0.2, 0) is 0 Å². The van der Waals surface area contributed by atoms with Crippen LogP contribution in [0.5, 0.6) is 0 Å². The van der Waals surface area contributed by atoms with Gasteiger partial charge >= 0.3 is 6.03 Å². The summed E-state index contributed by atoms with van der Waals surface area (Å²) < 4.78 is 13.2. The molecule has 1 aromatic rings. The van der Waals surface area contributed by atoms with Gasteiger partial charge in [0.15, 0.2) is 0 Å². The third kappa shape index (κ3) is 4.50. The second kappa shape index (κ2) is 6.56. The van der Waals surface area contributed by atoms with Crippen LogP contribution < -0.4 is 10.6 Å². The van der Waals surface area contributed by atoms with Crippen LogP contribution in [-0.4, -0.2) is 23.7 Å². The van der Waals surface area contributed by atoms with Gasteiger partial charge in [0.2, 0.25) is 0 Å². The molecule has 1 rings (SSSR count). The van der Waals surface area contributed by atoms with E-state index in [0.29, 0.717) is 5.56 Å². The number of urea groups is 1. The Labute approximate surface area is 110 Å². The van der Waals surface area contributed by atoms with E-state index in [-0.39, 0.29) is 23.6 Å². The molecule has 0 heterocycles. The van der Waals surface area contributed by atoms with Crippen LogP contribution in [0.2, 0.25) is 5.02 Å². The normalized spacial score (nSPS) is 12.3. The zero-order valence-electron chi connectivity index (χ0n) is 10.2. The number of carbonyl (C=O) groups excluding carboxylic acids is 1. The maximum absolute atomic E-state index is 13.2. The van der Waals surface area contributed by atoms with Gasteiger partial charge in [-0.2, -0.15) is 0 Å². The Bertz CT molecular complexity index is 427. The van der Waals surface area contributed by atoms with Crippen molar-refractivity contribution in [1.29, 1.82) is 0 Å². The first-order chi connectivity index (χ1) is 8.40. The minimum absolute atomic E-state index is 0.000371. The van der Waals surface area contributed by atoms with Gasteiger partial charge in [-0.05, 0) is 31.5 Å². The van der Waals surface area contributed by atoms with Gasteiger partial charge in [0.05, 0.1) is 11.1 Å². The Hall–Kier alpha value is -1.33. The Balaban J connectivity index is 2.52. The molecule has 0 saturated heterocycles. The molecule has 0 aliphatic carbocycles. The molecule has 18 heavy (non-hydrogen) atoms. The standard InChI is InChI=1S/C12H16ClFN2O2/c1-7(2)16-12(18)15-6-11(17)8-3-4-9(13)10(14)5-8/h3-5,7,11,17H,6H2,1-2H3,(H2,15,16,18). The van der Waals surface area contributed by atoms with Crippen molar-refractivity contribution in [2.75, 3.05) is 6.54 Å². The molecule has 0 bridgehead atoms. The van der Waals surface area contributed by atoms with Crippen LogP contribution >= 0.6 is 11.6 Å². The molecule has 0 aliphatic heterocycles. The summed E-state index contributed by atoms with van der Waals surface area (Å²) in [5, 5.41) is 14.9. The number of benzene rings is 1. The predicted octanol–water partition coefficient (Wildman–Crippen LogP) is 2.22. The average Bonchev–Trinajstić information content (AvgIpc) is 2.28. The first-order valence-electron chi connectivity index (χ1n) is 5.57. The summed E-state index contributed by atoms with van der Waals surface area (Å²) in [5.74, 6) is -0.597. The number of aliphatic hydroxyl groups is 1. The number of halogens is 2. The highest BCUT2D eigenvalue weighted by atomic mass is 35.5. The lowest BCUT2D eigenvalue weighted by atomic mass is 10.1. The molecule has 0 spiro atoms. The smallest absolute Gasteiger partial charge is 0.315 e. The summed E-state index contributed by atoms with van der Waals surface area (Å²) >= 11 is 5.53. The van der Waals surface area contributed by atoms with Crippen molar-refractivity contribution in [3.05, 3.63) is 34.6 Å². The molecule has 0 radical (unpaired) electrons. The topological polar surface area (TPSA) is 61.4 Å². The number of hydrogen-bond donors (Lipinski definition) is 3. The lowest BCUT2D eigenvalue weighted by Crippen LogP contribution is -2.41. The minimum atomic E-state index is -0.977. The van der Waals surface area contributed by atoms with Crippen LogP contribution in [0.3, 0.4) is 0 Å². The van der Waals surface area contributed by atoms with E-state index < -0.39 is 11.9 Å². The summed E-state index contributed by atoms with van der Waals surface area (Å²) in [6.45, 7) is 3.65. The zero-order valence-corrected chi connectivity index (χ0v) is 11.0. The fourth-order valence-electron chi connectivity index (χ4n) is 1.34. The maximum atomic E-state index is 13.2. The quantitative estimate of drug-likeness (QED) is 0.788. The molecule has 0 aromatic heterocycles. The summed E-state index contributed by atoms with van der Waals surface area (Å²) in [6, 6.07) is 3.66. The first-order valence-corrected chi connectivity index (χ1v) is 5.95. The number of amides is 2. The zero-order chi connectivity index (χ0) is 13.7. The van der Waals surface area contributed by atoms with E-state index in [9.17, 15) is 14.3 Å². The van der Waals surface area contributed by atoms with Crippen molar-refractivity contribution in [2.45, 2.75) is 26.0 Å². The lowest BCUT2D eigenvalue weighted by Gasteiger charge is -2.14. The fourth-order valence-corrected chi connectivity index (χ4v) is 1.46. The molecule has 1 unspecified atom stereocenters. The summed E-state index contributed by atoms with van der Waals surface area (Å²) in [5.41, 5.74) is 0.363. The molecule has 0 saturated carbocycles. The Kier molecular flexibility index (Phi) is 5.37. The molecule has 6 heteroatoms. The van der Waals surface area contributed by atoms with Gasteiger partial charge in [0.1, 0.15) is 5.82 Å². The van der Waals surface area contributed by atoms with Crippen molar-refractivity contribution in [2.24, 2.45) is 0 Å². The van der Waals surface area contributed by atoms with Crippen molar-refractivity contribution >= 4 is 17.6 Å². The Morgan fingerprint density at radius 3 is 2.72 bits per heavy atom. The third-order valence-corrected chi connectivity index (χ3v) is 2.51. The summed E-state index contributed by atoms with van der Waals surface area (Å²) in [6.07, 6.45) is -0.977. The Morgan fingerprint density at radius 1 is 1.50 bits per heavy atom. The SMILES string of the molecule is CC(C)NC(=O)NCC(O)c1ccc(Cl)c(F)c1. The largest absolute Gasteiger partial charge is 0.387 e. The van der Waals surface area contributed by atoms with E-state index in [1.807, 2.05) is 13.8 Å². The third-order valence-electron chi connectivity index (χ3n) is 2.20. The summed E-state index contributed by atoms with van der Waals surface area (Å²) in [4.78, 5) is 11.3. The molecule has 1 atom stereocenters. The van der Waals surface area contributed by atoms with Gasteiger partial charge < -0.3 is 15.7 Å². The number of hydrogen-bond acceptors (Lipinski definition) is 2. The van der Waals surface area contributed by atoms with Crippen LogP contribution in [0.15, 0.2) is 18.2 Å². The van der Waals surface area contributed by atoms with Crippen LogP contribution in [0.1, 0.15) is 25.5 Å². The predicted molar refractivity (Wildman–Crippen MR) is 68.0 cm³/mol.